The number of carbonyl (C=O) groups excluding carboxylic acids is 1. The first-order valence-electron chi connectivity index (χ1n) is 8.82. The second-order valence-electron chi connectivity index (χ2n) is 7.09. The number of aliphatic carboxylic acids is 1. The highest BCUT2D eigenvalue weighted by Crippen LogP contribution is 2.42. The van der Waals surface area contributed by atoms with E-state index in [2.05, 4.69) is 11.8 Å². The molecule has 1 aromatic rings. The number of rotatable bonds is 4. The number of hydrogen-bond donors (Lipinski definition) is 1. The predicted molar refractivity (Wildman–Crippen MR) is 91.6 cm³/mol. The van der Waals surface area contributed by atoms with Gasteiger partial charge in [-0.3, -0.25) is 9.59 Å². The molecule has 1 aromatic carbocycles. The minimum absolute atomic E-state index is 0.0252. The van der Waals surface area contributed by atoms with E-state index in [0.717, 1.165) is 25.1 Å². The maximum Gasteiger partial charge on any atom is 0.311 e. The molecule has 2 aliphatic rings. The molecular weight excluding hydrogens is 304 g/mol. The normalized spacial score (nSPS) is 27.5. The number of likely N-dealkylation sites (tertiary alicyclic amines) is 2. The third-order valence-corrected chi connectivity index (χ3v) is 5.68. The molecule has 1 N–H and O–H groups in total. The Labute approximate surface area is 143 Å². The van der Waals surface area contributed by atoms with Crippen molar-refractivity contribution in [3.8, 4) is 0 Å². The molecule has 2 saturated heterocycles. The molecule has 2 atom stereocenters. The van der Waals surface area contributed by atoms with Crippen molar-refractivity contribution >= 4 is 11.9 Å². The zero-order valence-electron chi connectivity index (χ0n) is 14.3. The number of carboxylic acids is 1. The van der Waals surface area contributed by atoms with Crippen molar-refractivity contribution in [3.05, 3.63) is 35.9 Å². The Morgan fingerprint density at radius 3 is 2.67 bits per heavy atom. The third kappa shape index (κ3) is 3.18. The Kier molecular flexibility index (Phi) is 4.90. The van der Waals surface area contributed by atoms with Gasteiger partial charge in [0.1, 0.15) is 0 Å². The molecular formula is C19H26N2O3. The van der Waals surface area contributed by atoms with E-state index in [1.807, 2.05) is 35.2 Å². The number of hydrogen-bond acceptors (Lipinski definition) is 3. The summed E-state index contributed by atoms with van der Waals surface area (Å²) in [6.07, 6.45) is 1.82. The summed E-state index contributed by atoms with van der Waals surface area (Å²) in [4.78, 5) is 28.8. The van der Waals surface area contributed by atoms with E-state index in [9.17, 15) is 14.7 Å². The lowest BCUT2D eigenvalue weighted by molar-refractivity contribution is -0.151. The molecule has 0 bridgehead atoms. The lowest BCUT2D eigenvalue weighted by Crippen LogP contribution is -2.43. The summed E-state index contributed by atoms with van der Waals surface area (Å²) in [5.41, 5.74) is 0.329. The molecule has 5 heteroatoms. The first-order chi connectivity index (χ1) is 11.5. The fourth-order valence-electron chi connectivity index (χ4n) is 4.24. The Morgan fingerprint density at radius 1 is 1.25 bits per heavy atom. The zero-order chi connectivity index (χ0) is 17.2. The van der Waals surface area contributed by atoms with E-state index in [1.54, 1.807) is 0 Å². The second-order valence-corrected chi connectivity index (χ2v) is 7.09. The van der Waals surface area contributed by atoms with Crippen LogP contribution in [-0.2, 0) is 16.0 Å². The average Bonchev–Trinajstić information content (AvgIpc) is 2.84. The molecule has 2 fully saturated rings. The number of fused-ring (bicyclic) bond motifs is 1. The lowest BCUT2D eigenvalue weighted by atomic mass is 9.75. The molecule has 0 aromatic heterocycles. The van der Waals surface area contributed by atoms with Crippen LogP contribution in [0.25, 0.3) is 0 Å². The maximum atomic E-state index is 12.7. The van der Waals surface area contributed by atoms with Crippen molar-refractivity contribution in [1.82, 2.24) is 9.80 Å². The van der Waals surface area contributed by atoms with Gasteiger partial charge < -0.3 is 14.9 Å². The Balaban J connectivity index is 1.74. The summed E-state index contributed by atoms with van der Waals surface area (Å²) < 4.78 is 0. The van der Waals surface area contributed by atoms with Crippen LogP contribution in [0.1, 0.15) is 25.3 Å². The van der Waals surface area contributed by atoms with Gasteiger partial charge in [-0.15, -0.1) is 0 Å². The fraction of sp³-hybridized carbons (Fsp3) is 0.579. The van der Waals surface area contributed by atoms with Crippen molar-refractivity contribution in [1.29, 1.82) is 0 Å². The summed E-state index contributed by atoms with van der Waals surface area (Å²) in [6, 6.07) is 9.75. The maximum absolute atomic E-state index is 12.7. The monoisotopic (exact) mass is 330 g/mol. The van der Waals surface area contributed by atoms with Gasteiger partial charge in [-0.2, -0.15) is 0 Å². The van der Waals surface area contributed by atoms with Crippen LogP contribution in [0.15, 0.2) is 30.3 Å². The average molecular weight is 330 g/mol. The van der Waals surface area contributed by atoms with Gasteiger partial charge in [-0.1, -0.05) is 37.3 Å². The molecule has 24 heavy (non-hydrogen) atoms. The van der Waals surface area contributed by atoms with Crippen LogP contribution in [0.5, 0.6) is 0 Å². The summed E-state index contributed by atoms with van der Waals surface area (Å²) in [6.45, 7) is 5.56. The minimum atomic E-state index is -0.694. The van der Waals surface area contributed by atoms with Crippen LogP contribution in [-0.4, -0.2) is 59.5 Å². The Hall–Kier alpha value is -1.88. The van der Waals surface area contributed by atoms with E-state index in [1.165, 1.54) is 0 Å². The van der Waals surface area contributed by atoms with Crippen LogP contribution < -0.4 is 0 Å². The minimum Gasteiger partial charge on any atom is -0.481 e. The summed E-state index contributed by atoms with van der Waals surface area (Å²) in [5, 5.41) is 9.87. The molecule has 1 amide bonds. The van der Waals surface area contributed by atoms with Crippen molar-refractivity contribution < 1.29 is 14.7 Å². The topological polar surface area (TPSA) is 60.9 Å². The summed E-state index contributed by atoms with van der Waals surface area (Å²) in [5.74, 6) is -0.560. The van der Waals surface area contributed by atoms with Gasteiger partial charge in [0.2, 0.25) is 5.91 Å². The highest BCUT2D eigenvalue weighted by molar-refractivity contribution is 5.80. The Bertz CT molecular complexity index is 604. The SMILES string of the molecule is CCN1C[C@@H]2CN(C(=O)Cc3ccccc3)CCC[C@]2(C(=O)O)C1. The quantitative estimate of drug-likeness (QED) is 0.916. The molecule has 0 radical (unpaired) electrons. The number of amides is 1. The molecule has 130 valence electrons. The van der Waals surface area contributed by atoms with Crippen molar-refractivity contribution in [2.75, 3.05) is 32.7 Å². The van der Waals surface area contributed by atoms with Gasteiger partial charge >= 0.3 is 5.97 Å². The largest absolute Gasteiger partial charge is 0.481 e. The highest BCUT2D eigenvalue weighted by atomic mass is 16.4. The zero-order valence-corrected chi connectivity index (χ0v) is 14.3. The van der Waals surface area contributed by atoms with E-state index in [-0.39, 0.29) is 11.8 Å². The van der Waals surface area contributed by atoms with Gasteiger partial charge in [-0.25, -0.2) is 0 Å². The van der Waals surface area contributed by atoms with Crippen molar-refractivity contribution in [2.24, 2.45) is 11.3 Å². The second kappa shape index (κ2) is 6.93. The van der Waals surface area contributed by atoms with E-state index < -0.39 is 11.4 Å². The molecule has 0 spiro atoms. The molecule has 2 heterocycles. The molecule has 5 nitrogen and oxygen atoms in total. The molecule has 0 saturated carbocycles. The fourth-order valence-corrected chi connectivity index (χ4v) is 4.24. The highest BCUT2D eigenvalue weighted by Gasteiger charge is 2.53. The molecule has 3 rings (SSSR count). The van der Waals surface area contributed by atoms with E-state index in [0.29, 0.717) is 32.5 Å². The summed E-state index contributed by atoms with van der Waals surface area (Å²) >= 11 is 0. The standard InChI is InChI=1S/C19H26N2O3/c1-2-20-12-16-13-21(10-6-9-19(16,14-20)18(23)24)17(22)11-15-7-4-3-5-8-15/h3-5,7-8,16H,2,6,9-14H2,1H3,(H,23,24)/t16-,19+/m1/s1. The third-order valence-electron chi connectivity index (χ3n) is 5.68. The molecule has 0 unspecified atom stereocenters. The van der Waals surface area contributed by atoms with Crippen LogP contribution in [0.2, 0.25) is 0 Å². The smallest absolute Gasteiger partial charge is 0.311 e. The van der Waals surface area contributed by atoms with Gasteiger partial charge in [0.15, 0.2) is 0 Å². The number of nitrogens with zero attached hydrogens (tertiary/aromatic N) is 2. The molecule has 2 aliphatic heterocycles. The summed E-state index contributed by atoms with van der Waals surface area (Å²) in [7, 11) is 0. The van der Waals surface area contributed by atoms with E-state index >= 15 is 0 Å². The van der Waals surface area contributed by atoms with Crippen LogP contribution >= 0.6 is 0 Å². The first-order valence-corrected chi connectivity index (χ1v) is 8.82. The van der Waals surface area contributed by atoms with Crippen molar-refractivity contribution in [3.63, 3.8) is 0 Å². The van der Waals surface area contributed by atoms with Crippen LogP contribution in [0.4, 0.5) is 0 Å². The van der Waals surface area contributed by atoms with Crippen LogP contribution in [0, 0.1) is 11.3 Å². The Morgan fingerprint density at radius 2 is 2.00 bits per heavy atom. The predicted octanol–water partition coefficient (Wildman–Crippen LogP) is 1.87. The van der Waals surface area contributed by atoms with E-state index in [4.69, 9.17) is 0 Å². The molecule has 0 aliphatic carbocycles. The van der Waals surface area contributed by atoms with Gasteiger partial charge in [0.25, 0.3) is 0 Å². The van der Waals surface area contributed by atoms with Gasteiger partial charge in [0.05, 0.1) is 11.8 Å². The van der Waals surface area contributed by atoms with Crippen molar-refractivity contribution in [2.45, 2.75) is 26.2 Å². The van der Waals surface area contributed by atoms with Crippen LogP contribution in [0.3, 0.4) is 0 Å². The number of carboxylic acid groups (broad SMARTS) is 1. The number of carbonyl (C=O) groups is 2. The number of benzene rings is 1. The first kappa shape index (κ1) is 17.0. The lowest BCUT2D eigenvalue weighted by Gasteiger charge is -2.29. The van der Waals surface area contributed by atoms with Gasteiger partial charge in [-0.05, 0) is 24.9 Å². The van der Waals surface area contributed by atoms with Gasteiger partial charge in [0, 0.05) is 32.1 Å².